The summed E-state index contributed by atoms with van der Waals surface area (Å²) >= 11 is 0. The van der Waals surface area contributed by atoms with E-state index in [4.69, 9.17) is 14.2 Å². The monoisotopic (exact) mass is 1140 g/mol. The van der Waals surface area contributed by atoms with Crippen molar-refractivity contribution >= 4 is 17.9 Å². The molecule has 83 heavy (non-hydrogen) atoms. The van der Waals surface area contributed by atoms with Gasteiger partial charge in [-0.25, -0.2) is 0 Å². The van der Waals surface area contributed by atoms with Crippen LogP contribution in [-0.4, -0.2) is 37.2 Å². The van der Waals surface area contributed by atoms with Crippen molar-refractivity contribution in [2.24, 2.45) is 0 Å². The Morgan fingerprint density at radius 3 is 0.735 bits per heavy atom. The first-order valence-electron chi connectivity index (χ1n) is 34.0. The molecule has 0 aliphatic carbocycles. The first-order valence-corrected chi connectivity index (χ1v) is 34.0. The minimum atomic E-state index is -0.792. The predicted molar refractivity (Wildman–Crippen MR) is 362 cm³/mol. The predicted octanol–water partition coefficient (Wildman–Crippen LogP) is 23.7. The van der Waals surface area contributed by atoms with Gasteiger partial charge in [0.2, 0.25) is 0 Å². The molecule has 468 valence electrons. The zero-order valence-electron chi connectivity index (χ0n) is 53.7. The van der Waals surface area contributed by atoms with Gasteiger partial charge in [-0.05, 0) is 128 Å². The van der Waals surface area contributed by atoms with Crippen molar-refractivity contribution in [3.63, 3.8) is 0 Å². The van der Waals surface area contributed by atoms with E-state index in [0.29, 0.717) is 19.3 Å². The van der Waals surface area contributed by atoms with Crippen molar-refractivity contribution in [3.05, 3.63) is 158 Å². The van der Waals surface area contributed by atoms with E-state index >= 15 is 0 Å². The number of ether oxygens (including phenoxy) is 3. The molecule has 0 aromatic heterocycles. The minimum Gasteiger partial charge on any atom is -0.462 e. The van der Waals surface area contributed by atoms with Crippen molar-refractivity contribution in [2.75, 3.05) is 13.2 Å². The maximum Gasteiger partial charge on any atom is 0.306 e. The van der Waals surface area contributed by atoms with Gasteiger partial charge in [0.05, 0.1) is 0 Å². The summed E-state index contributed by atoms with van der Waals surface area (Å²) in [4.78, 5) is 38.2. The lowest BCUT2D eigenvalue weighted by Crippen LogP contribution is -2.30. The molecule has 1 unspecified atom stereocenters. The van der Waals surface area contributed by atoms with Crippen LogP contribution in [-0.2, 0) is 28.6 Å². The molecule has 0 N–H and O–H groups in total. The third kappa shape index (κ3) is 67.7. The lowest BCUT2D eigenvalue weighted by molar-refractivity contribution is -0.167. The van der Waals surface area contributed by atoms with Gasteiger partial charge < -0.3 is 14.2 Å². The summed E-state index contributed by atoms with van der Waals surface area (Å²) in [6.45, 7) is 6.36. The molecule has 6 nitrogen and oxygen atoms in total. The molecule has 0 bridgehead atoms. The normalized spacial score (nSPS) is 13.1. The Labute approximate surface area is 511 Å². The number of hydrogen-bond donors (Lipinski definition) is 0. The van der Waals surface area contributed by atoms with Crippen LogP contribution in [0.15, 0.2) is 158 Å². The lowest BCUT2D eigenvalue weighted by Gasteiger charge is -2.18. The summed E-state index contributed by atoms with van der Waals surface area (Å²) in [7, 11) is 0. The maximum absolute atomic E-state index is 12.9. The number of esters is 3. The fourth-order valence-corrected chi connectivity index (χ4v) is 9.01. The number of rotatable bonds is 60. The smallest absolute Gasteiger partial charge is 0.306 e. The second kappa shape index (κ2) is 69.5. The molecule has 1 atom stereocenters. The first-order chi connectivity index (χ1) is 41.0. The highest BCUT2D eigenvalue weighted by Gasteiger charge is 2.19. The molecular weight excluding hydrogens is 1020 g/mol. The lowest BCUT2D eigenvalue weighted by atomic mass is 10.0. The molecule has 0 radical (unpaired) electrons. The second-order valence-corrected chi connectivity index (χ2v) is 22.0. The Morgan fingerprint density at radius 2 is 0.470 bits per heavy atom. The standard InChI is InChI=1S/C77H124O6/c1-4-7-10-13-16-18-20-22-24-26-28-30-32-34-35-36-37-38-39-40-41-43-44-46-48-50-52-54-56-58-61-64-67-70-76(79)82-73-74(72-81-75(78)69-66-63-60-15-12-9-6-3)83-77(80)71-68-65-62-59-57-55-53-51-49-47-45-42-33-31-29-27-25-23-21-19-17-14-11-8-5-2/h7-8,10-11,16-19,22-25,28-31,34-35,37-38,40-41,44,46,50,52,74H,4-6,9,12-15,20-21,26-27,32-33,36,39,42-43,45,47-49,51,53-73H2,1-3H3/b10-7-,11-8-,18-16-,19-17-,24-22-,25-23-,30-28-,31-29-,35-34-,38-37-,41-40-,46-44-,52-50-. The van der Waals surface area contributed by atoms with E-state index in [9.17, 15) is 14.4 Å². The van der Waals surface area contributed by atoms with Gasteiger partial charge in [-0.1, -0.05) is 301 Å². The van der Waals surface area contributed by atoms with E-state index in [2.05, 4.69) is 179 Å². The SMILES string of the molecule is CC/C=C\C/C=C\C/C=C\C/C=C\C/C=C\C/C=C\C/C=C\C/C=C\C/C=C\CCCCCCCC(=O)OCC(COC(=O)CCCCCCCCC)OC(=O)CCCCCCCCCCCCCC/C=C\C/C=C\C/C=C\C/C=C\CC. The largest absolute Gasteiger partial charge is 0.462 e. The van der Waals surface area contributed by atoms with Gasteiger partial charge in [0.1, 0.15) is 13.2 Å². The fourth-order valence-electron chi connectivity index (χ4n) is 9.01. The van der Waals surface area contributed by atoms with Crippen LogP contribution < -0.4 is 0 Å². The molecule has 0 aromatic carbocycles. The van der Waals surface area contributed by atoms with Gasteiger partial charge in [0.15, 0.2) is 6.10 Å². The summed E-state index contributed by atoms with van der Waals surface area (Å²) in [5.41, 5.74) is 0. The Bertz CT molecular complexity index is 1840. The molecule has 0 aromatic rings. The summed E-state index contributed by atoms with van der Waals surface area (Å²) < 4.78 is 16.8. The zero-order valence-corrected chi connectivity index (χ0v) is 53.7. The van der Waals surface area contributed by atoms with Gasteiger partial charge in [0.25, 0.3) is 0 Å². The molecule has 0 rings (SSSR count). The van der Waals surface area contributed by atoms with Crippen LogP contribution >= 0.6 is 0 Å². The van der Waals surface area contributed by atoms with Crippen molar-refractivity contribution in [1.29, 1.82) is 0 Å². The van der Waals surface area contributed by atoms with Crippen molar-refractivity contribution < 1.29 is 28.6 Å². The second-order valence-electron chi connectivity index (χ2n) is 22.0. The Hall–Kier alpha value is -4.97. The number of carbonyl (C=O) groups excluding carboxylic acids is 3. The summed E-state index contributed by atoms with van der Waals surface area (Å²) in [6, 6.07) is 0. The van der Waals surface area contributed by atoms with E-state index in [1.807, 2.05) is 0 Å². The fraction of sp³-hybridized carbons (Fsp3) is 0.623. The van der Waals surface area contributed by atoms with Gasteiger partial charge >= 0.3 is 17.9 Å². The van der Waals surface area contributed by atoms with Crippen LogP contribution in [0, 0.1) is 0 Å². The highest BCUT2D eigenvalue weighted by Crippen LogP contribution is 2.16. The van der Waals surface area contributed by atoms with Crippen LogP contribution in [0.5, 0.6) is 0 Å². The van der Waals surface area contributed by atoms with Crippen molar-refractivity contribution in [2.45, 2.75) is 297 Å². The molecule has 6 heteroatoms. The molecule has 0 aliphatic heterocycles. The Morgan fingerprint density at radius 1 is 0.253 bits per heavy atom. The average molecular weight is 1150 g/mol. The Balaban J connectivity index is 4.19. The molecule has 0 heterocycles. The summed E-state index contributed by atoms with van der Waals surface area (Å²) in [5.74, 6) is -0.917. The van der Waals surface area contributed by atoms with Crippen LogP contribution in [0.1, 0.15) is 290 Å². The van der Waals surface area contributed by atoms with Gasteiger partial charge in [-0.2, -0.15) is 0 Å². The van der Waals surface area contributed by atoms with Crippen LogP contribution in [0.3, 0.4) is 0 Å². The molecular formula is C77H124O6. The number of allylic oxidation sites excluding steroid dienone is 26. The van der Waals surface area contributed by atoms with E-state index in [1.165, 1.54) is 89.9 Å². The first kappa shape index (κ1) is 78.0. The quantitative estimate of drug-likeness (QED) is 0.0261. The average Bonchev–Trinajstić information content (AvgIpc) is 3.50. The van der Waals surface area contributed by atoms with Crippen molar-refractivity contribution in [3.8, 4) is 0 Å². The molecule has 0 aliphatic rings. The molecule has 0 saturated heterocycles. The van der Waals surface area contributed by atoms with Crippen LogP contribution in [0.2, 0.25) is 0 Å². The third-order valence-corrected chi connectivity index (χ3v) is 14.0. The highest BCUT2D eigenvalue weighted by molar-refractivity contribution is 5.71. The van der Waals surface area contributed by atoms with Gasteiger partial charge in [0, 0.05) is 19.3 Å². The maximum atomic E-state index is 12.9. The molecule has 0 amide bonds. The third-order valence-electron chi connectivity index (χ3n) is 14.0. The van der Waals surface area contributed by atoms with E-state index in [0.717, 1.165) is 161 Å². The van der Waals surface area contributed by atoms with E-state index in [-0.39, 0.29) is 31.1 Å². The minimum absolute atomic E-state index is 0.0885. The van der Waals surface area contributed by atoms with Gasteiger partial charge in [-0.3, -0.25) is 14.4 Å². The number of hydrogen-bond acceptors (Lipinski definition) is 6. The molecule has 0 saturated carbocycles. The number of carbonyl (C=O) groups is 3. The van der Waals surface area contributed by atoms with Gasteiger partial charge in [-0.15, -0.1) is 0 Å². The highest BCUT2D eigenvalue weighted by atomic mass is 16.6. The zero-order chi connectivity index (χ0) is 59.9. The summed E-state index contributed by atoms with van der Waals surface area (Å²) in [6.07, 6.45) is 101. The van der Waals surface area contributed by atoms with E-state index < -0.39 is 6.10 Å². The van der Waals surface area contributed by atoms with Crippen molar-refractivity contribution in [1.82, 2.24) is 0 Å². The van der Waals surface area contributed by atoms with Crippen LogP contribution in [0.4, 0.5) is 0 Å². The van der Waals surface area contributed by atoms with E-state index in [1.54, 1.807) is 0 Å². The summed E-state index contributed by atoms with van der Waals surface area (Å²) in [5, 5.41) is 0. The van der Waals surface area contributed by atoms with Crippen LogP contribution in [0.25, 0.3) is 0 Å². The molecule has 0 fully saturated rings. The number of unbranched alkanes of at least 4 members (excludes halogenated alkanes) is 23. The molecule has 0 spiro atoms. The Kier molecular flexibility index (Phi) is 65.4. The topological polar surface area (TPSA) is 78.9 Å².